The number of nitrogens with zero attached hydrogens (tertiary/aromatic N) is 1. The van der Waals surface area contributed by atoms with E-state index in [2.05, 4.69) is 15.2 Å². The number of rotatable bonds is 4. The van der Waals surface area contributed by atoms with E-state index in [4.69, 9.17) is 11.6 Å². The summed E-state index contributed by atoms with van der Waals surface area (Å²) in [6.07, 6.45) is 3.75. The summed E-state index contributed by atoms with van der Waals surface area (Å²) < 4.78 is 0. The molecule has 0 spiro atoms. The van der Waals surface area contributed by atoms with Crippen molar-refractivity contribution in [3.63, 3.8) is 0 Å². The molecule has 27 heavy (non-hydrogen) atoms. The largest absolute Gasteiger partial charge is 0.354 e. The van der Waals surface area contributed by atoms with E-state index in [1.807, 2.05) is 18.2 Å². The molecule has 0 atom stereocenters. The molecule has 6 heteroatoms. The molecule has 140 valence electrons. The highest BCUT2D eigenvalue weighted by molar-refractivity contribution is 6.36. The van der Waals surface area contributed by atoms with Gasteiger partial charge in [0.25, 0.3) is 5.91 Å². The summed E-state index contributed by atoms with van der Waals surface area (Å²) in [5.74, 6) is -0.195. The molecule has 2 heterocycles. The molecule has 0 radical (unpaired) electrons. The van der Waals surface area contributed by atoms with Crippen LogP contribution in [0.1, 0.15) is 29.6 Å². The molecule has 1 aromatic heterocycles. The molecule has 2 aromatic carbocycles. The molecule has 1 aliphatic heterocycles. The first kappa shape index (κ1) is 18.0. The van der Waals surface area contributed by atoms with Gasteiger partial charge in [-0.15, -0.1) is 0 Å². The molecule has 2 N–H and O–H groups in total. The Balaban J connectivity index is 1.64. The fraction of sp³-hybridized carbons (Fsp3) is 0.333. The first-order valence-corrected chi connectivity index (χ1v) is 9.77. The maximum atomic E-state index is 12.9. The number of fused-ring (bicyclic) bond motifs is 2. The van der Waals surface area contributed by atoms with Gasteiger partial charge in [-0.1, -0.05) is 30.2 Å². The first-order valence-electron chi connectivity index (χ1n) is 9.39. The van der Waals surface area contributed by atoms with Crippen molar-refractivity contribution in [2.45, 2.75) is 19.3 Å². The Morgan fingerprint density at radius 1 is 1.11 bits per heavy atom. The standard InChI is InChI=1S/C21H22ClN3O2/c22-16-9-8-15(21(27)23-10-13-25-11-4-1-5-12-25)19-18(16)20(26)14-6-2-3-7-17(14)24-19/h2-3,6-9H,1,4-5,10-13H2,(H,23,27)(H,24,26). The summed E-state index contributed by atoms with van der Waals surface area (Å²) in [4.78, 5) is 31.2. The number of benzene rings is 2. The van der Waals surface area contributed by atoms with Crippen molar-refractivity contribution < 1.29 is 4.79 Å². The van der Waals surface area contributed by atoms with Gasteiger partial charge in [-0.25, -0.2) is 0 Å². The van der Waals surface area contributed by atoms with Crippen LogP contribution in [-0.2, 0) is 0 Å². The Morgan fingerprint density at radius 3 is 2.70 bits per heavy atom. The van der Waals surface area contributed by atoms with Gasteiger partial charge in [0.2, 0.25) is 0 Å². The molecular weight excluding hydrogens is 362 g/mol. The molecule has 5 nitrogen and oxygen atoms in total. The molecular formula is C21H22ClN3O2. The highest BCUT2D eigenvalue weighted by Gasteiger charge is 2.17. The average Bonchev–Trinajstić information content (AvgIpc) is 2.69. The number of H-pyrrole nitrogens is 1. The van der Waals surface area contributed by atoms with Gasteiger partial charge >= 0.3 is 0 Å². The van der Waals surface area contributed by atoms with Crippen LogP contribution in [0.5, 0.6) is 0 Å². The Morgan fingerprint density at radius 2 is 1.89 bits per heavy atom. The van der Waals surface area contributed by atoms with E-state index in [-0.39, 0.29) is 11.3 Å². The third-order valence-corrected chi connectivity index (χ3v) is 5.53. The van der Waals surface area contributed by atoms with Crippen molar-refractivity contribution in [1.82, 2.24) is 15.2 Å². The number of aromatic nitrogens is 1. The van der Waals surface area contributed by atoms with Crippen molar-refractivity contribution in [3.8, 4) is 0 Å². The highest BCUT2D eigenvalue weighted by atomic mass is 35.5. The molecule has 4 rings (SSSR count). The molecule has 0 aliphatic carbocycles. The van der Waals surface area contributed by atoms with E-state index in [1.165, 1.54) is 19.3 Å². The predicted molar refractivity (Wildman–Crippen MR) is 110 cm³/mol. The van der Waals surface area contributed by atoms with E-state index in [9.17, 15) is 9.59 Å². The van der Waals surface area contributed by atoms with Crippen LogP contribution < -0.4 is 10.7 Å². The summed E-state index contributed by atoms with van der Waals surface area (Å²) in [6, 6.07) is 10.5. The van der Waals surface area contributed by atoms with E-state index in [0.717, 1.165) is 19.6 Å². The van der Waals surface area contributed by atoms with Crippen molar-refractivity contribution in [2.75, 3.05) is 26.2 Å². The quantitative estimate of drug-likeness (QED) is 0.677. The van der Waals surface area contributed by atoms with Crippen molar-refractivity contribution in [3.05, 3.63) is 57.2 Å². The lowest BCUT2D eigenvalue weighted by atomic mass is 10.1. The minimum absolute atomic E-state index is 0.160. The summed E-state index contributed by atoms with van der Waals surface area (Å²) in [5.41, 5.74) is 1.46. The number of hydrogen-bond donors (Lipinski definition) is 2. The molecule has 1 fully saturated rings. The maximum Gasteiger partial charge on any atom is 0.253 e. The van der Waals surface area contributed by atoms with Crippen molar-refractivity contribution >= 4 is 39.3 Å². The van der Waals surface area contributed by atoms with Gasteiger partial charge in [0.1, 0.15) is 0 Å². The van der Waals surface area contributed by atoms with Crippen LogP contribution in [-0.4, -0.2) is 42.0 Å². The second-order valence-corrected chi connectivity index (χ2v) is 7.41. The summed E-state index contributed by atoms with van der Waals surface area (Å²) >= 11 is 6.29. The lowest BCUT2D eigenvalue weighted by Crippen LogP contribution is -2.37. The zero-order valence-corrected chi connectivity index (χ0v) is 15.8. The number of hydrogen-bond acceptors (Lipinski definition) is 3. The zero-order valence-electron chi connectivity index (χ0n) is 15.1. The van der Waals surface area contributed by atoms with Crippen LogP contribution in [0, 0.1) is 0 Å². The average molecular weight is 384 g/mol. The minimum Gasteiger partial charge on any atom is -0.354 e. The van der Waals surface area contributed by atoms with Crippen molar-refractivity contribution in [2.24, 2.45) is 0 Å². The molecule has 1 amide bonds. The lowest BCUT2D eigenvalue weighted by Gasteiger charge is -2.26. The topological polar surface area (TPSA) is 65.2 Å². The minimum atomic E-state index is -0.195. The van der Waals surface area contributed by atoms with Crippen LogP contribution in [0.15, 0.2) is 41.2 Å². The zero-order chi connectivity index (χ0) is 18.8. The summed E-state index contributed by atoms with van der Waals surface area (Å²) in [7, 11) is 0. The Bertz CT molecular complexity index is 1050. The van der Waals surface area contributed by atoms with Crippen LogP contribution >= 0.6 is 11.6 Å². The second-order valence-electron chi connectivity index (χ2n) is 7.00. The number of para-hydroxylation sites is 1. The SMILES string of the molecule is O=C(NCCN1CCCCC1)c1ccc(Cl)c2c(=O)c3ccccc3[nH]c12. The fourth-order valence-corrected chi connectivity index (χ4v) is 4.03. The number of pyridine rings is 1. The Labute approximate surface area is 162 Å². The number of carbonyl (C=O) groups is 1. The van der Waals surface area contributed by atoms with Crippen LogP contribution in [0.4, 0.5) is 0 Å². The molecule has 0 unspecified atom stereocenters. The number of likely N-dealkylation sites (tertiary alicyclic amines) is 1. The molecule has 0 bridgehead atoms. The smallest absolute Gasteiger partial charge is 0.253 e. The van der Waals surface area contributed by atoms with Gasteiger partial charge in [-0.3, -0.25) is 9.59 Å². The van der Waals surface area contributed by atoms with Crippen molar-refractivity contribution in [1.29, 1.82) is 0 Å². The lowest BCUT2D eigenvalue weighted by molar-refractivity contribution is 0.0948. The number of carbonyl (C=O) groups excluding carboxylic acids is 1. The number of aromatic amines is 1. The molecule has 1 saturated heterocycles. The third kappa shape index (κ3) is 3.57. The molecule has 1 aliphatic rings. The van der Waals surface area contributed by atoms with Gasteiger partial charge in [0, 0.05) is 24.0 Å². The van der Waals surface area contributed by atoms with Gasteiger partial charge in [0.15, 0.2) is 5.43 Å². The van der Waals surface area contributed by atoms with Gasteiger partial charge in [0.05, 0.1) is 21.5 Å². The highest BCUT2D eigenvalue weighted by Crippen LogP contribution is 2.25. The molecule has 3 aromatic rings. The number of nitrogens with one attached hydrogen (secondary N) is 2. The van der Waals surface area contributed by atoms with Gasteiger partial charge in [-0.05, 0) is 50.2 Å². The monoisotopic (exact) mass is 383 g/mol. The summed E-state index contributed by atoms with van der Waals surface area (Å²) in [5, 5.41) is 4.25. The normalized spacial score (nSPS) is 15.3. The molecule has 0 saturated carbocycles. The third-order valence-electron chi connectivity index (χ3n) is 5.22. The summed E-state index contributed by atoms with van der Waals surface area (Å²) in [6.45, 7) is 3.62. The van der Waals surface area contributed by atoms with Crippen LogP contribution in [0.25, 0.3) is 21.8 Å². The van der Waals surface area contributed by atoms with Crippen LogP contribution in [0.2, 0.25) is 5.02 Å². The van der Waals surface area contributed by atoms with E-state index in [1.54, 1.807) is 18.2 Å². The second kappa shape index (κ2) is 7.71. The van der Waals surface area contributed by atoms with Gasteiger partial charge in [-0.2, -0.15) is 0 Å². The Hall–Kier alpha value is -2.37. The number of halogens is 1. The van der Waals surface area contributed by atoms with Gasteiger partial charge < -0.3 is 15.2 Å². The van der Waals surface area contributed by atoms with Crippen LogP contribution in [0.3, 0.4) is 0 Å². The Kier molecular flexibility index (Phi) is 5.14. The first-order chi connectivity index (χ1) is 13.1. The fourth-order valence-electron chi connectivity index (χ4n) is 3.78. The van der Waals surface area contributed by atoms with E-state index < -0.39 is 0 Å². The number of piperidine rings is 1. The number of amides is 1. The van der Waals surface area contributed by atoms with E-state index in [0.29, 0.717) is 38.9 Å². The predicted octanol–water partition coefficient (Wildman–Crippen LogP) is 3.55. The van der Waals surface area contributed by atoms with E-state index >= 15 is 0 Å². The maximum absolute atomic E-state index is 12.9.